The molecule has 3 fully saturated rings. The topological polar surface area (TPSA) is 88.2 Å². The molecule has 0 unspecified atom stereocenters. The van der Waals surface area contributed by atoms with Gasteiger partial charge in [-0.1, -0.05) is 19.1 Å². The van der Waals surface area contributed by atoms with E-state index in [9.17, 15) is 5.11 Å². The van der Waals surface area contributed by atoms with E-state index in [2.05, 4.69) is 39.2 Å². The molecule has 8 nitrogen and oxygen atoms in total. The van der Waals surface area contributed by atoms with Gasteiger partial charge in [-0.3, -0.25) is 9.89 Å². The van der Waals surface area contributed by atoms with E-state index in [4.69, 9.17) is 13.3 Å². The fourth-order valence-electron chi connectivity index (χ4n) is 3.84. The normalized spacial score (nSPS) is 23.6. The predicted octanol–water partition coefficient (Wildman–Crippen LogP) is 4.50. The van der Waals surface area contributed by atoms with Crippen molar-refractivity contribution in [3.8, 4) is 5.75 Å². The molecule has 3 heterocycles. The Bertz CT molecular complexity index is 941. The number of aryl methyl sites for hydroxylation is 1. The number of aliphatic imine (C=N–C) groups is 1. The Morgan fingerprint density at radius 2 is 1.58 bits per heavy atom. The number of rotatable bonds is 8. The summed E-state index contributed by atoms with van der Waals surface area (Å²) in [6, 6.07) is 13.9. The zero-order chi connectivity index (χ0) is 22.9. The number of nitrogens with zero attached hydrogens (tertiary/aromatic N) is 4. The molecule has 0 spiro atoms. The monoisotopic (exact) mass is 468 g/mol. The third kappa shape index (κ3) is 6.78. The lowest BCUT2D eigenvalue weighted by Gasteiger charge is -2.38. The largest absolute Gasteiger partial charge is 0.507 e. The molecule has 0 atom stereocenters. The van der Waals surface area contributed by atoms with Crippen LogP contribution in [0.15, 0.2) is 57.7 Å². The molecular formula is C24H32N4O4Si. The molecule has 2 aromatic rings. The van der Waals surface area contributed by atoms with Crippen LogP contribution in [-0.2, 0) is 19.7 Å². The SMILES string of the molecule is CCc1ccc(N=Nc2ccc(O)c(C=NCCC[Si]34OCCN(CCO3)CCO4)c2)cc1. The maximum Gasteiger partial charge on any atom is 0.501 e. The van der Waals surface area contributed by atoms with Gasteiger partial charge in [-0.25, -0.2) is 0 Å². The first-order valence-corrected chi connectivity index (χ1v) is 13.6. The summed E-state index contributed by atoms with van der Waals surface area (Å²) in [5, 5.41) is 18.8. The summed E-state index contributed by atoms with van der Waals surface area (Å²) in [7, 11) is -2.60. The quantitative estimate of drug-likeness (QED) is 0.267. The second kappa shape index (κ2) is 11.6. The van der Waals surface area contributed by atoms with E-state index in [1.54, 1.807) is 24.4 Å². The first-order chi connectivity index (χ1) is 16.2. The molecule has 176 valence electrons. The van der Waals surface area contributed by atoms with Gasteiger partial charge in [0.2, 0.25) is 0 Å². The highest BCUT2D eigenvalue weighted by Crippen LogP contribution is 2.25. The van der Waals surface area contributed by atoms with E-state index < -0.39 is 8.80 Å². The smallest absolute Gasteiger partial charge is 0.501 e. The Morgan fingerprint density at radius 3 is 2.24 bits per heavy atom. The lowest BCUT2D eigenvalue weighted by molar-refractivity contribution is -0.00841. The molecule has 3 aliphatic rings. The van der Waals surface area contributed by atoms with Crippen LogP contribution in [0.3, 0.4) is 0 Å². The number of azo groups is 1. The van der Waals surface area contributed by atoms with E-state index in [1.807, 2.05) is 12.1 Å². The zero-order valence-corrected chi connectivity index (χ0v) is 20.2. The van der Waals surface area contributed by atoms with Gasteiger partial charge in [0.15, 0.2) is 0 Å². The molecule has 3 saturated heterocycles. The molecular weight excluding hydrogens is 436 g/mol. The van der Waals surface area contributed by atoms with Crippen LogP contribution in [0.25, 0.3) is 0 Å². The van der Waals surface area contributed by atoms with E-state index in [-0.39, 0.29) is 5.75 Å². The van der Waals surface area contributed by atoms with Crippen LogP contribution in [0.1, 0.15) is 24.5 Å². The molecule has 0 amide bonds. The van der Waals surface area contributed by atoms with Crippen LogP contribution in [0.2, 0.25) is 6.04 Å². The highest BCUT2D eigenvalue weighted by Gasteiger charge is 2.43. The number of fused-ring (bicyclic) bond motifs is 6. The molecule has 2 bridgehead atoms. The molecule has 3 aliphatic heterocycles. The Morgan fingerprint density at radius 1 is 0.939 bits per heavy atom. The van der Waals surface area contributed by atoms with Gasteiger partial charge in [0.25, 0.3) is 0 Å². The molecule has 33 heavy (non-hydrogen) atoms. The molecule has 0 aliphatic carbocycles. The highest BCUT2D eigenvalue weighted by atomic mass is 28.4. The number of phenolic OH excluding ortho intramolecular Hbond substituents is 1. The Balaban J connectivity index is 1.31. The van der Waals surface area contributed by atoms with Crippen molar-refractivity contribution in [2.45, 2.75) is 25.8 Å². The van der Waals surface area contributed by atoms with Gasteiger partial charge in [-0.15, -0.1) is 0 Å². The van der Waals surface area contributed by atoms with Crippen molar-refractivity contribution in [1.82, 2.24) is 4.90 Å². The summed E-state index contributed by atoms with van der Waals surface area (Å²) in [5.41, 5.74) is 3.33. The number of hydrogen-bond acceptors (Lipinski definition) is 8. The van der Waals surface area contributed by atoms with Gasteiger partial charge >= 0.3 is 8.80 Å². The summed E-state index contributed by atoms with van der Waals surface area (Å²) >= 11 is 0. The molecule has 2 aromatic carbocycles. The average Bonchev–Trinajstić information content (AvgIpc) is 2.79. The first-order valence-electron chi connectivity index (χ1n) is 11.6. The zero-order valence-electron chi connectivity index (χ0n) is 19.2. The summed E-state index contributed by atoms with van der Waals surface area (Å²) in [6.45, 7) is 7.53. The van der Waals surface area contributed by atoms with Crippen molar-refractivity contribution >= 4 is 26.4 Å². The van der Waals surface area contributed by atoms with E-state index in [0.717, 1.165) is 44.2 Å². The first kappa shape index (κ1) is 23.7. The molecule has 5 rings (SSSR count). The lowest BCUT2D eigenvalue weighted by atomic mass is 10.2. The van der Waals surface area contributed by atoms with Crippen molar-refractivity contribution in [1.29, 1.82) is 0 Å². The fourth-order valence-corrected chi connectivity index (χ4v) is 6.32. The second-order valence-corrected chi connectivity index (χ2v) is 10.9. The van der Waals surface area contributed by atoms with Crippen LogP contribution in [0.5, 0.6) is 5.75 Å². The number of phenols is 1. The Kier molecular flexibility index (Phi) is 8.35. The minimum absolute atomic E-state index is 0.164. The minimum atomic E-state index is -2.60. The van der Waals surface area contributed by atoms with E-state index in [0.29, 0.717) is 37.6 Å². The summed E-state index contributed by atoms with van der Waals surface area (Å²) in [6.07, 6.45) is 3.48. The summed E-state index contributed by atoms with van der Waals surface area (Å²) in [5.74, 6) is 0.164. The molecule has 1 N–H and O–H groups in total. The van der Waals surface area contributed by atoms with Crippen molar-refractivity contribution < 1.29 is 18.4 Å². The van der Waals surface area contributed by atoms with Crippen LogP contribution in [0.4, 0.5) is 11.4 Å². The van der Waals surface area contributed by atoms with Gasteiger partial charge in [-0.05, 0) is 48.7 Å². The summed E-state index contributed by atoms with van der Waals surface area (Å²) < 4.78 is 18.2. The second-order valence-electron chi connectivity index (χ2n) is 8.17. The van der Waals surface area contributed by atoms with E-state index in [1.165, 1.54) is 5.56 Å². The standard InChI is InChI=1S/C24H32N4O4Si/c1-2-20-4-6-22(7-5-20)26-27-23-8-9-24(29)21(18-23)19-25-10-3-17-33-30-14-11-28(12-15-31-33)13-16-32-33/h4-9,18-19,29H,2-3,10-17H2,1H3. The average molecular weight is 469 g/mol. The van der Waals surface area contributed by atoms with Gasteiger partial charge in [0.1, 0.15) is 5.75 Å². The van der Waals surface area contributed by atoms with Gasteiger partial charge in [0.05, 0.1) is 31.2 Å². The Labute approximate surface area is 196 Å². The van der Waals surface area contributed by atoms with Crippen molar-refractivity contribution in [3.05, 3.63) is 53.6 Å². The van der Waals surface area contributed by atoms with Gasteiger partial charge in [-0.2, -0.15) is 10.2 Å². The minimum Gasteiger partial charge on any atom is -0.507 e. The maximum absolute atomic E-state index is 10.2. The lowest BCUT2D eigenvalue weighted by Crippen LogP contribution is -2.55. The molecule has 0 aromatic heterocycles. The van der Waals surface area contributed by atoms with Crippen molar-refractivity contribution in [2.24, 2.45) is 15.2 Å². The van der Waals surface area contributed by atoms with Crippen LogP contribution >= 0.6 is 0 Å². The highest BCUT2D eigenvalue weighted by molar-refractivity contribution is 6.60. The third-order valence-electron chi connectivity index (χ3n) is 5.83. The molecule has 0 radical (unpaired) electrons. The molecule has 9 heteroatoms. The van der Waals surface area contributed by atoms with E-state index >= 15 is 0 Å². The number of hydrogen-bond donors (Lipinski definition) is 1. The van der Waals surface area contributed by atoms with Crippen LogP contribution in [0, 0.1) is 0 Å². The van der Waals surface area contributed by atoms with Crippen molar-refractivity contribution in [2.75, 3.05) is 46.0 Å². The van der Waals surface area contributed by atoms with Crippen LogP contribution in [-0.4, -0.2) is 71.0 Å². The number of aromatic hydroxyl groups is 1. The molecule has 0 saturated carbocycles. The van der Waals surface area contributed by atoms with Crippen LogP contribution < -0.4 is 0 Å². The summed E-state index contributed by atoms with van der Waals surface area (Å²) in [4.78, 5) is 6.81. The maximum atomic E-state index is 10.2. The van der Waals surface area contributed by atoms with Gasteiger partial charge < -0.3 is 18.4 Å². The Hall–Kier alpha value is -2.43. The predicted molar refractivity (Wildman–Crippen MR) is 130 cm³/mol. The fraction of sp³-hybridized carbons (Fsp3) is 0.458. The number of benzene rings is 2. The van der Waals surface area contributed by atoms with Gasteiger partial charge in [0, 0.05) is 44.0 Å². The third-order valence-corrected chi connectivity index (χ3v) is 8.72. The van der Waals surface area contributed by atoms with Crippen molar-refractivity contribution in [3.63, 3.8) is 0 Å².